The second kappa shape index (κ2) is 8.68. The first-order chi connectivity index (χ1) is 12.0. The molecule has 0 bridgehead atoms. The van der Waals surface area contributed by atoms with Crippen molar-refractivity contribution < 1.29 is 4.84 Å². The van der Waals surface area contributed by atoms with Crippen LogP contribution in [-0.2, 0) is 4.84 Å². The maximum Gasteiger partial charge on any atom is 0.170 e. The van der Waals surface area contributed by atoms with Gasteiger partial charge in [-0.05, 0) is 24.3 Å². The van der Waals surface area contributed by atoms with Crippen LogP contribution in [0.1, 0.15) is 17.5 Å². The zero-order chi connectivity index (χ0) is 18.2. The predicted octanol–water partition coefficient (Wildman–Crippen LogP) is 3.33. The number of hydrogen-bond acceptors (Lipinski definition) is 4. The Bertz CT molecular complexity index is 765. The maximum atomic E-state index is 5.83. The molecule has 0 heterocycles. The monoisotopic (exact) mass is 336 g/mol. The number of nitrogens with two attached hydrogens (primary N) is 1. The van der Waals surface area contributed by atoms with Gasteiger partial charge in [-0.2, -0.15) is 0 Å². The van der Waals surface area contributed by atoms with Gasteiger partial charge in [-0.25, -0.2) is 0 Å². The van der Waals surface area contributed by atoms with Crippen LogP contribution in [0.25, 0.3) is 5.57 Å². The fourth-order valence-electron chi connectivity index (χ4n) is 2.47. The normalized spacial score (nSPS) is 15.2. The van der Waals surface area contributed by atoms with E-state index in [4.69, 9.17) is 10.6 Å². The lowest BCUT2D eigenvalue weighted by Crippen LogP contribution is -2.13. The van der Waals surface area contributed by atoms with E-state index in [1.807, 2.05) is 49.5 Å². The summed E-state index contributed by atoms with van der Waals surface area (Å²) in [6, 6.07) is 7.95. The number of amidine groups is 1. The first-order valence-corrected chi connectivity index (χ1v) is 7.95. The van der Waals surface area contributed by atoms with Gasteiger partial charge in [0.25, 0.3) is 0 Å². The highest BCUT2D eigenvalue weighted by Gasteiger charge is 2.07. The third-order valence-corrected chi connectivity index (χ3v) is 3.69. The summed E-state index contributed by atoms with van der Waals surface area (Å²) in [7, 11) is 5.41. The third-order valence-electron chi connectivity index (χ3n) is 3.69. The fourth-order valence-corrected chi connectivity index (χ4v) is 2.47. The van der Waals surface area contributed by atoms with Gasteiger partial charge in [-0.15, -0.1) is 0 Å². The molecular formula is C20H24N4O. The molecule has 0 saturated carbocycles. The van der Waals surface area contributed by atoms with E-state index in [0.29, 0.717) is 5.84 Å². The Morgan fingerprint density at radius 3 is 2.56 bits per heavy atom. The number of allylic oxidation sites excluding steroid dienone is 5. The highest BCUT2D eigenvalue weighted by molar-refractivity contribution is 5.97. The lowest BCUT2D eigenvalue weighted by Gasteiger charge is -2.08. The molecule has 1 aliphatic rings. The van der Waals surface area contributed by atoms with Gasteiger partial charge in [0.15, 0.2) is 5.84 Å². The number of hydrogen-bond donors (Lipinski definition) is 1. The highest BCUT2D eigenvalue weighted by Crippen LogP contribution is 2.25. The summed E-state index contributed by atoms with van der Waals surface area (Å²) in [6.45, 7) is 3.66. The molecular weight excluding hydrogens is 312 g/mol. The topological polar surface area (TPSA) is 63.2 Å². The molecule has 0 amide bonds. The molecule has 0 aliphatic heterocycles. The summed E-state index contributed by atoms with van der Waals surface area (Å²) in [5.41, 5.74) is 10.9. The third kappa shape index (κ3) is 4.94. The molecule has 0 unspecified atom stereocenters. The second-order valence-corrected chi connectivity index (χ2v) is 5.79. The van der Waals surface area contributed by atoms with E-state index in [0.717, 1.165) is 28.8 Å². The zero-order valence-electron chi connectivity index (χ0n) is 14.9. The first-order valence-electron chi connectivity index (χ1n) is 7.95. The van der Waals surface area contributed by atoms with E-state index in [1.54, 1.807) is 0 Å². The first kappa shape index (κ1) is 18.3. The van der Waals surface area contributed by atoms with Crippen LogP contribution in [0.2, 0.25) is 0 Å². The van der Waals surface area contributed by atoms with Crippen molar-refractivity contribution in [2.24, 2.45) is 15.9 Å². The average Bonchev–Trinajstić information content (AvgIpc) is 2.86. The number of nitrogens with zero attached hydrogens (tertiary/aromatic N) is 3. The number of benzene rings is 1. The van der Waals surface area contributed by atoms with Gasteiger partial charge in [-0.3, -0.25) is 4.99 Å². The Morgan fingerprint density at radius 1 is 1.24 bits per heavy atom. The van der Waals surface area contributed by atoms with Gasteiger partial charge in [0, 0.05) is 31.4 Å². The largest absolute Gasteiger partial charge is 0.397 e. The van der Waals surface area contributed by atoms with Crippen molar-refractivity contribution >= 4 is 18.1 Å². The molecule has 0 spiro atoms. The van der Waals surface area contributed by atoms with Gasteiger partial charge < -0.3 is 15.5 Å². The number of rotatable bonds is 6. The van der Waals surface area contributed by atoms with E-state index in [2.05, 4.69) is 41.2 Å². The Hall–Kier alpha value is -3.08. The molecule has 0 fully saturated rings. The summed E-state index contributed by atoms with van der Waals surface area (Å²) >= 11 is 0. The highest BCUT2D eigenvalue weighted by atomic mass is 16.6. The van der Waals surface area contributed by atoms with Crippen LogP contribution in [-0.4, -0.2) is 38.7 Å². The second-order valence-electron chi connectivity index (χ2n) is 5.79. The van der Waals surface area contributed by atoms with Crippen LogP contribution in [0, 0.1) is 0 Å². The van der Waals surface area contributed by atoms with Crippen LogP contribution < -0.4 is 5.73 Å². The molecule has 1 aromatic rings. The Balaban J connectivity index is 2.28. The summed E-state index contributed by atoms with van der Waals surface area (Å²) < 4.78 is 0. The van der Waals surface area contributed by atoms with Gasteiger partial charge in [0.2, 0.25) is 0 Å². The molecule has 0 saturated heterocycles. The molecule has 2 N–H and O–H groups in total. The molecule has 0 aromatic heterocycles. The molecule has 2 rings (SSSR count). The quantitative estimate of drug-likeness (QED) is 0.492. The van der Waals surface area contributed by atoms with Gasteiger partial charge in [-0.1, -0.05) is 53.7 Å². The van der Waals surface area contributed by atoms with E-state index in [1.165, 1.54) is 12.7 Å². The lowest BCUT2D eigenvalue weighted by atomic mass is 10.0. The minimum Gasteiger partial charge on any atom is -0.397 e. The van der Waals surface area contributed by atoms with Crippen molar-refractivity contribution in [1.82, 2.24) is 4.90 Å². The van der Waals surface area contributed by atoms with E-state index >= 15 is 0 Å². The Labute approximate surface area is 149 Å². The van der Waals surface area contributed by atoms with Crippen molar-refractivity contribution in [3.8, 4) is 0 Å². The van der Waals surface area contributed by atoms with Crippen molar-refractivity contribution in [3.05, 3.63) is 77.2 Å². The summed E-state index contributed by atoms with van der Waals surface area (Å²) in [4.78, 5) is 10.8. The molecule has 5 nitrogen and oxygen atoms in total. The maximum absolute atomic E-state index is 5.83. The molecule has 25 heavy (non-hydrogen) atoms. The van der Waals surface area contributed by atoms with Crippen molar-refractivity contribution in [1.29, 1.82) is 0 Å². The smallest absolute Gasteiger partial charge is 0.170 e. The molecule has 1 aromatic carbocycles. The molecule has 1 aliphatic carbocycles. The molecule has 0 atom stereocenters. The molecule has 0 radical (unpaired) electrons. The fraction of sp³-hybridized carbons (Fsp3) is 0.200. The standard InChI is InChI=1S/C20H24N4O/c1-22-19(14-24(2)3)17-7-5-6-15(8-11-17)16-9-12-18(13-10-16)20(21)23-25-4/h5,7-14H,1,6H2,2-4H3,(H2,21,23)/b19-14-. The summed E-state index contributed by atoms with van der Waals surface area (Å²) in [6.07, 6.45) is 11.2. The minimum atomic E-state index is 0.362. The Morgan fingerprint density at radius 2 is 1.96 bits per heavy atom. The summed E-state index contributed by atoms with van der Waals surface area (Å²) in [5, 5.41) is 3.75. The van der Waals surface area contributed by atoms with E-state index in [-0.39, 0.29) is 0 Å². The van der Waals surface area contributed by atoms with E-state index < -0.39 is 0 Å². The van der Waals surface area contributed by atoms with Crippen LogP contribution in [0.15, 0.2) is 76.2 Å². The van der Waals surface area contributed by atoms with Crippen molar-refractivity contribution in [2.45, 2.75) is 6.42 Å². The SMILES string of the molecule is C=N/C(=C\N(C)C)C1=CC=C(c2ccc(/C(N)=N/OC)cc2)CC=C1. The number of oxime groups is 1. The van der Waals surface area contributed by atoms with Gasteiger partial charge >= 0.3 is 0 Å². The van der Waals surface area contributed by atoms with Crippen LogP contribution in [0.3, 0.4) is 0 Å². The van der Waals surface area contributed by atoms with Crippen LogP contribution in [0.5, 0.6) is 0 Å². The van der Waals surface area contributed by atoms with Gasteiger partial charge in [0.05, 0.1) is 5.70 Å². The molecule has 5 heteroatoms. The van der Waals surface area contributed by atoms with Crippen LogP contribution in [0.4, 0.5) is 0 Å². The average molecular weight is 336 g/mol. The Kier molecular flexibility index (Phi) is 6.34. The minimum absolute atomic E-state index is 0.362. The van der Waals surface area contributed by atoms with E-state index in [9.17, 15) is 0 Å². The van der Waals surface area contributed by atoms with Crippen molar-refractivity contribution in [3.63, 3.8) is 0 Å². The predicted molar refractivity (Wildman–Crippen MR) is 105 cm³/mol. The summed E-state index contributed by atoms with van der Waals surface area (Å²) in [5.74, 6) is 0.362. The zero-order valence-corrected chi connectivity index (χ0v) is 14.9. The van der Waals surface area contributed by atoms with Crippen molar-refractivity contribution in [2.75, 3.05) is 21.2 Å². The lowest BCUT2D eigenvalue weighted by molar-refractivity contribution is 0.213. The molecule has 130 valence electrons. The van der Waals surface area contributed by atoms with Crippen LogP contribution >= 0.6 is 0 Å². The van der Waals surface area contributed by atoms with Gasteiger partial charge in [0.1, 0.15) is 7.11 Å². The number of aliphatic imine (C=N–C) groups is 1.